The van der Waals surface area contributed by atoms with Gasteiger partial charge in [0.25, 0.3) is 0 Å². The van der Waals surface area contributed by atoms with Crippen molar-refractivity contribution in [3.63, 3.8) is 0 Å². The van der Waals surface area contributed by atoms with E-state index >= 15 is 0 Å². The summed E-state index contributed by atoms with van der Waals surface area (Å²) in [6, 6.07) is 6.43. The van der Waals surface area contributed by atoms with Crippen LogP contribution in [0.3, 0.4) is 0 Å². The van der Waals surface area contributed by atoms with Gasteiger partial charge >= 0.3 is 0 Å². The molecule has 0 atom stereocenters. The maximum Gasteiger partial charge on any atom is 0.0599 e. The van der Waals surface area contributed by atoms with Crippen LogP contribution in [0.4, 0.5) is 0 Å². The standard InChI is InChI=1S/C15H22BrNO/c1-12-13(4-2-6-15(12)16)5-3-11-18-14-7-9-17-10-8-14/h2,4,6,14,17H,3,5,7-11H2,1H3. The summed E-state index contributed by atoms with van der Waals surface area (Å²) < 4.78 is 7.13. The van der Waals surface area contributed by atoms with Crippen LogP contribution < -0.4 is 5.32 Å². The highest BCUT2D eigenvalue weighted by Gasteiger charge is 2.12. The molecule has 100 valence electrons. The second kappa shape index (κ2) is 7.27. The number of hydrogen-bond acceptors (Lipinski definition) is 2. The first-order chi connectivity index (χ1) is 8.77. The minimum atomic E-state index is 0.481. The molecule has 1 aromatic rings. The lowest BCUT2D eigenvalue weighted by Crippen LogP contribution is -2.32. The third kappa shape index (κ3) is 4.08. The third-order valence-electron chi connectivity index (χ3n) is 3.61. The van der Waals surface area contributed by atoms with E-state index in [0.717, 1.165) is 45.4 Å². The van der Waals surface area contributed by atoms with E-state index in [-0.39, 0.29) is 0 Å². The normalized spacial score (nSPS) is 17.0. The molecule has 1 aromatic carbocycles. The van der Waals surface area contributed by atoms with Crippen molar-refractivity contribution in [1.29, 1.82) is 0 Å². The molecule has 18 heavy (non-hydrogen) atoms. The summed E-state index contributed by atoms with van der Waals surface area (Å²) in [6.45, 7) is 5.27. The Hall–Kier alpha value is -0.380. The smallest absolute Gasteiger partial charge is 0.0599 e. The maximum absolute atomic E-state index is 5.92. The Morgan fingerprint density at radius 2 is 2.11 bits per heavy atom. The van der Waals surface area contributed by atoms with Gasteiger partial charge in [-0.25, -0.2) is 0 Å². The number of nitrogens with one attached hydrogen (secondary N) is 1. The summed E-state index contributed by atoms with van der Waals surface area (Å²) >= 11 is 3.58. The molecule has 1 heterocycles. The molecule has 2 nitrogen and oxygen atoms in total. The van der Waals surface area contributed by atoms with Crippen molar-refractivity contribution in [2.24, 2.45) is 0 Å². The Balaban J connectivity index is 1.70. The summed E-state index contributed by atoms with van der Waals surface area (Å²) in [5, 5.41) is 3.36. The molecule has 0 bridgehead atoms. The second-order valence-electron chi connectivity index (χ2n) is 4.95. The Morgan fingerprint density at radius 1 is 1.33 bits per heavy atom. The molecule has 0 radical (unpaired) electrons. The van der Waals surface area contributed by atoms with Gasteiger partial charge < -0.3 is 10.1 Å². The molecule has 0 aliphatic carbocycles. The van der Waals surface area contributed by atoms with Crippen LogP contribution in [0.1, 0.15) is 30.4 Å². The van der Waals surface area contributed by atoms with Crippen LogP contribution in [0.25, 0.3) is 0 Å². The van der Waals surface area contributed by atoms with Gasteiger partial charge in [-0.2, -0.15) is 0 Å². The summed E-state index contributed by atoms with van der Waals surface area (Å²) in [5.41, 5.74) is 2.79. The zero-order valence-corrected chi connectivity index (χ0v) is 12.6. The fourth-order valence-electron chi connectivity index (χ4n) is 2.40. The quantitative estimate of drug-likeness (QED) is 0.841. The van der Waals surface area contributed by atoms with E-state index in [0.29, 0.717) is 6.10 Å². The van der Waals surface area contributed by atoms with Crippen LogP contribution in [-0.4, -0.2) is 25.8 Å². The number of ether oxygens (including phenoxy) is 1. The SMILES string of the molecule is Cc1c(Br)cccc1CCCOC1CCNCC1. The van der Waals surface area contributed by atoms with Crippen LogP contribution in [0.15, 0.2) is 22.7 Å². The van der Waals surface area contributed by atoms with Crippen molar-refractivity contribution in [1.82, 2.24) is 5.32 Å². The lowest BCUT2D eigenvalue weighted by Gasteiger charge is -2.23. The predicted molar refractivity (Wildman–Crippen MR) is 79.0 cm³/mol. The average Bonchev–Trinajstić information content (AvgIpc) is 2.40. The Labute approximate surface area is 118 Å². The number of hydrogen-bond donors (Lipinski definition) is 1. The predicted octanol–water partition coefficient (Wildman–Crippen LogP) is 3.46. The molecule has 0 saturated carbocycles. The minimum Gasteiger partial charge on any atom is -0.378 e. The van der Waals surface area contributed by atoms with E-state index in [4.69, 9.17) is 4.74 Å². The van der Waals surface area contributed by atoms with Crippen molar-refractivity contribution >= 4 is 15.9 Å². The molecule has 1 N–H and O–H groups in total. The molecule has 1 fully saturated rings. The van der Waals surface area contributed by atoms with Crippen LogP contribution in [0.5, 0.6) is 0 Å². The van der Waals surface area contributed by atoms with E-state index in [9.17, 15) is 0 Å². The average molecular weight is 312 g/mol. The van der Waals surface area contributed by atoms with E-state index in [2.05, 4.69) is 46.4 Å². The summed E-state index contributed by atoms with van der Waals surface area (Å²) in [7, 11) is 0. The van der Waals surface area contributed by atoms with Crippen LogP contribution in [0.2, 0.25) is 0 Å². The maximum atomic E-state index is 5.92. The first kappa shape index (κ1) is 14.0. The first-order valence-electron chi connectivity index (χ1n) is 6.83. The number of piperidine rings is 1. The molecule has 0 spiro atoms. The highest BCUT2D eigenvalue weighted by atomic mass is 79.9. The summed E-state index contributed by atoms with van der Waals surface area (Å²) in [6.07, 6.45) is 5.03. The molecule has 3 heteroatoms. The van der Waals surface area contributed by atoms with E-state index in [1.807, 2.05) is 0 Å². The number of halogens is 1. The van der Waals surface area contributed by atoms with Gasteiger partial charge in [0.15, 0.2) is 0 Å². The highest BCUT2D eigenvalue weighted by molar-refractivity contribution is 9.10. The Kier molecular flexibility index (Phi) is 5.67. The molecule has 2 rings (SSSR count). The zero-order valence-electron chi connectivity index (χ0n) is 11.0. The highest BCUT2D eigenvalue weighted by Crippen LogP contribution is 2.20. The minimum absolute atomic E-state index is 0.481. The van der Waals surface area contributed by atoms with Gasteiger partial charge in [-0.15, -0.1) is 0 Å². The number of aryl methyl sites for hydroxylation is 1. The fraction of sp³-hybridized carbons (Fsp3) is 0.600. The van der Waals surface area contributed by atoms with Crippen molar-refractivity contribution in [3.05, 3.63) is 33.8 Å². The van der Waals surface area contributed by atoms with Crippen molar-refractivity contribution < 1.29 is 4.74 Å². The lowest BCUT2D eigenvalue weighted by atomic mass is 10.0. The van der Waals surface area contributed by atoms with Gasteiger partial charge in [0.2, 0.25) is 0 Å². The largest absolute Gasteiger partial charge is 0.378 e. The molecular formula is C15H22BrNO. The third-order valence-corrected chi connectivity index (χ3v) is 4.47. The van der Waals surface area contributed by atoms with Crippen molar-refractivity contribution in [3.8, 4) is 0 Å². The van der Waals surface area contributed by atoms with Gasteiger partial charge in [0.1, 0.15) is 0 Å². The number of rotatable bonds is 5. The van der Waals surface area contributed by atoms with Gasteiger partial charge in [-0.3, -0.25) is 0 Å². The van der Waals surface area contributed by atoms with E-state index in [1.165, 1.54) is 15.6 Å². The Morgan fingerprint density at radius 3 is 2.89 bits per heavy atom. The van der Waals surface area contributed by atoms with Gasteiger partial charge in [-0.05, 0) is 62.9 Å². The van der Waals surface area contributed by atoms with Crippen LogP contribution in [0, 0.1) is 6.92 Å². The molecule has 0 amide bonds. The van der Waals surface area contributed by atoms with E-state index < -0.39 is 0 Å². The molecule has 1 saturated heterocycles. The van der Waals surface area contributed by atoms with Crippen LogP contribution in [-0.2, 0) is 11.2 Å². The van der Waals surface area contributed by atoms with Gasteiger partial charge in [-0.1, -0.05) is 28.1 Å². The monoisotopic (exact) mass is 311 g/mol. The first-order valence-corrected chi connectivity index (χ1v) is 7.63. The Bertz CT molecular complexity index is 375. The van der Waals surface area contributed by atoms with Gasteiger partial charge in [0.05, 0.1) is 6.10 Å². The topological polar surface area (TPSA) is 21.3 Å². The zero-order chi connectivity index (χ0) is 12.8. The summed E-state index contributed by atoms with van der Waals surface area (Å²) in [5.74, 6) is 0. The molecule has 1 aliphatic heterocycles. The lowest BCUT2D eigenvalue weighted by molar-refractivity contribution is 0.0317. The van der Waals surface area contributed by atoms with Crippen LogP contribution >= 0.6 is 15.9 Å². The number of benzene rings is 1. The molecular weight excluding hydrogens is 290 g/mol. The second-order valence-corrected chi connectivity index (χ2v) is 5.80. The fourth-order valence-corrected chi connectivity index (χ4v) is 2.80. The summed E-state index contributed by atoms with van der Waals surface area (Å²) in [4.78, 5) is 0. The van der Waals surface area contributed by atoms with Gasteiger partial charge in [0, 0.05) is 11.1 Å². The molecule has 1 aliphatic rings. The van der Waals surface area contributed by atoms with E-state index in [1.54, 1.807) is 0 Å². The van der Waals surface area contributed by atoms with Crippen molar-refractivity contribution in [2.45, 2.75) is 38.7 Å². The molecule has 0 unspecified atom stereocenters. The molecule has 0 aromatic heterocycles. The van der Waals surface area contributed by atoms with Crippen molar-refractivity contribution in [2.75, 3.05) is 19.7 Å².